The van der Waals surface area contributed by atoms with E-state index in [2.05, 4.69) is 4.98 Å². The van der Waals surface area contributed by atoms with Gasteiger partial charge in [-0.25, -0.2) is 0 Å². The van der Waals surface area contributed by atoms with E-state index in [1.165, 1.54) is 0 Å². The van der Waals surface area contributed by atoms with Crippen LogP contribution in [0, 0.1) is 6.92 Å². The fraction of sp³-hybridized carbons (Fsp3) is 0.222. The van der Waals surface area contributed by atoms with E-state index < -0.39 is 0 Å². The van der Waals surface area contributed by atoms with Crippen LogP contribution in [0.5, 0.6) is 0 Å². The van der Waals surface area contributed by atoms with E-state index in [1.54, 1.807) is 0 Å². The lowest BCUT2D eigenvalue weighted by Gasteiger charge is -1.93. The van der Waals surface area contributed by atoms with E-state index in [-0.39, 0.29) is 0 Å². The molecule has 0 aliphatic carbocycles. The molecule has 0 aromatic carbocycles. The van der Waals surface area contributed by atoms with Gasteiger partial charge in [-0.2, -0.15) is 0 Å². The molecular formula is C9H12N2. The molecule has 0 unspecified atom stereocenters. The highest BCUT2D eigenvalue weighted by atomic mass is 14.7. The monoisotopic (exact) mass is 148 g/mol. The van der Waals surface area contributed by atoms with Gasteiger partial charge in [-0.1, -0.05) is 12.1 Å². The van der Waals surface area contributed by atoms with Gasteiger partial charge in [-0.05, 0) is 25.1 Å². The highest BCUT2D eigenvalue weighted by Gasteiger charge is 1.86. The van der Waals surface area contributed by atoms with E-state index in [1.807, 2.05) is 37.3 Å². The summed E-state index contributed by atoms with van der Waals surface area (Å²) in [6, 6.07) is 5.91. The van der Waals surface area contributed by atoms with Crippen molar-refractivity contribution in [1.29, 1.82) is 0 Å². The zero-order valence-electron chi connectivity index (χ0n) is 6.62. The first-order valence-corrected chi connectivity index (χ1v) is 3.63. The summed E-state index contributed by atoms with van der Waals surface area (Å²) in [6.45, 7) is 2.54. The molecular weight excluding hydrogens is 136 g/mol. The van der Waals surface area contributed by atoms with Gasteiger partial charge in [0.1, 0.15) is 0 Å². The number of aryl methyl sites for hydroxylation is 1. The van der Waals surface area contributed by atoms with Crippen LogP contribution in [-0.2, 0) is 0 Å². The molecule has 1 rings (SSSR count). The molecule has 2 N–H and O–H groups in total. The minimum Gasteiger partial charge on any atom is -0.327 e. The lowest BCUT2D eigenvalue weighted by atomic mass is 10.3. The molecule has 0 radical (unpaired) electrons. The predicted octanol–water partition coefficient (Wildman–Crippen LogP) is 1.36. The van der Waals surface area contributed by atoms with Gasteiger partial charge < -0.3 is 5.73 Å². The molecule has 0 aliphatic rings. The molecule has 0 saturated heterocycles. The SMILES string of the molecule is Cc1cccc(C=CCN)n1. The molecule has 2 heteroatoms. The molecule has 2 nitrogen and oxygen atoms in total. The van der Waals surface area contributed by atoms with Crippen molar-refractivity contribution in [2.45, 2.75) is 6.92 Å². The zero-order chi connectivity index (χ0) is 8.10. The van der Waals surface area contributed by atoms with Gasteiger partial charge in [0.05, 0.1) is 5.69 Å². The number of hydrogen-bond donors (Lipinski definition) is 1. The van der Waals surface area contributed by atoms with Crippen molar-refractivity contribution >= 4 is 6.08 Å². The van der Waals surface area contributed by atoms with Crippen molar-refractivity contribution < 1.29 is 0 Å². The van der Waals surface area contributed by atoms with E-state index in [9.17, 15) is 0 Å². The molecule has 58 valence electrons. The highest BCUT2D eigenvalue weighted by molar-refractivity contribution is 5.44. The van der Waals surface area contributed by atoms with Crippen LogP contribution in [0.2, 0.25) is 0 Å². The Morgan fingerprint density at radius 1 is 1.55 bits per heavy atom. The van der Waals surface area contributed by atoms with Crippen molar-refractivity contribution in [3.8, 4) is 0 Å². The van der Waals surface area contributed by atoms with Gasteiger partial charge in [0.25, 0.3) is 0 Å². The second kappa shape index (κ2) is 3.88. The first-order valence-electron chi connectivity index (χ1n) is 3.63. The molecule has 0 fully saturated rings. The van der Waals surface area contributed by atoms with Crippen LogP contribution in [0.15, 0.2) is 24.3 Å². The number of pyridine rings is 1. The summed E-state index contributed by atoms with van der Waals surface area (Å²) in [6.07, 6.45) is 3.81. The second-order valence-electron chi connectivity index (χ2n) is 2.34. The van der Waals surface area contributed by atoms with E-state index in [0.717, 1.165) is 11.4 Å². The summed E-state index contributed by atoms with van der Waals surface area (Å²) in [5.41, 5.74) is 7.30. The Labute approximate surface area is 66.8 Å². The van der Waals surface area contributed by atoms with Crippen molar-refractivity contribution in [2.75, 3.05) is 6.54 Å². The summed E-state index contributed by atoms with van der Waals surface area (Å²) in [4.78, 5) is 4.27. The summed E-state index contributed by atoms with van der Waals surface area (Å²) in [7, 11) is 0. The molecule has 0 amide bonds. The Bertz CT molecular complexity index is 253. The molecule has 0 aliphatic heterocycles. The number of hydrogen-bond acceptors (Lipinski definition) is 2. The Kier molecular flexibility index (Phi) is 2.81. The maximum absolute atomic E-state index is 5.30. The van der Waals surface area contributed by atoms with Crippen molar-refractivity contribution in [3.63, 3.8) is 0 Å². The molecule has 0 bridgehead atoms. The van der Waals surface area contributed by atoms with Gasteiger partial charge >= 0.3 is 0 Å². The summed E-state index contributed by atoms with van der Waals surface area (Å²) >= 11 is 0. The smallest absolute Gasteiger partial charge is 0.0630 e. The van der Waals surface area contributed by atoms with Gasteiger partial charge in [-0.15, -0.1) is 0 Å². The van der Waals surface area contributed by atoms with E-state index in [4.69, 9.17) is 5.73 Å². The molecule has 0 atom stereocenters. The van der Waals surface area contributed by atoms with Crippen LogP contribution in [0.3, 0.4) is 0 Å². The Hall–Kier alpha value is -1.15. The van der Waals surface area contributed by atoms with Gasteiger partial charge in [0.2, 0.25) is 0 Å². The van der Waals surface area contributed by atoms with E-state index in [0.29, 0.717) is 6.54 Å². The molecule has 0 saturated carbocycles. The van der Waals surface area contributed by atoms with Crippen LogP contribution in [0.4, 0.5) is 0 Å². The molecule has 11 heavy (non-hydrogen) atoms. The quantitative estimate of drug-likeness (QED) is 0.687. The first-order chi connectivity index (χ1) is 5.33. The summed E-state index contributed by atoms with van der Waals surface area (Å²) in [5.74, 6) is 0. The predicted molar refractivity (Wildman–Crippen MR) is 47.1 cm³/mol. The number of aromatic nitrogens is 1. The second-order valence-corrected chi connectivity index (χ2v) is 2.34. The van der Waals surface area contributed by atoms with Gasteiger partial charge in [-0.3, -0.25) is 4.98 Å². The fourth-order valence-electron chi connectivity index (χ4n) is 0.846. The maximum atomic E-state index is 5.30. The van der Waals surface area contributed by atoms with Crippen LogP contribution >= 0.6 is 0 Å². The Balaban J connectivity index is 2.79. The highest BCUT2D eigenvalue weighted by Crippen LogP contribution is 1.99. The minimum absolute atomic E-state index is 0.565. The average molecular weight is 148 g/mol. The molecule has 1 heterocycles. The Morgan fingerprint density at radius 3 is 3.00 bits per heavy atom. The standard InChI is InChI=1S/C9H12N2/c1-8-4-2-5-9(11-8)6-3-7-10/h2-6H,7,10H2,1H3. The minimum atomic E-state index is 0.565. The lowest BCUT2D eigenvalue weighted by molar-refractivity contribution is 1.18. The van der Waals surface area contributed by atoms with Crippen LogP contribution in [-0.4, -0.2) is 11.5 Å². The largest absolute Gasteiger partial charge is 0.327 e. The number of nitrogens with zero attached hydrogens (tertiary/aromatic N) is 1. The van der Waals surface area contributed by atoms with E-state index >= 15 is 0 Å². The third-order valence-electron chi connectivity index (χ3n) is 1.33. The third-order valence-corrected chi connectivity index (χ3v) is 1.33. The molecule has 1 aromatic rings. The number of nitrogens with two attached hydrogens (primary N) is 1. The summed E-state index contributed by atoms with van der Waals surface area (Å²) in [5, 5.41) is 0. The maximum Gasteiger partial charge on any atom is 0.0630 e. The summed E-state index contributed by atoms with van der Waals surface area (Å²) < 4.78 is 0. The normalized spacial score (nSPS) is 10.7. The molecule has 1 aromatic heterocycles. The van der Waals surface area contributed by atoms with Crippen LogP contribution in [0.1, 0.15) is 11.4 Å². The van der Waals surface area contributed by atoms with Crippen molar-refractivity contribution in [3.05, 3.63) is 35.7 Å². The lowest BCUT2D eigenvalue weighted by Crippen LogP contribution is -1.92. The average Bonchev–Trinajstić information content (AvgIpc) is 2.01. The van der Waals surface area contributed by atoms with Crippen molar-refractivity contribution in [2.24, 2.45) is 5.73 Å². The fourth-order valence-corrected chi connectivity index (χ4v) is 0.846. The van der Waals surface area contributed by atoms with Crippen molar-refractivity contribution in [1.82, 2.24) is 4.98 Å². The topological polar surface area (TPSA) is 38.9 Å². The first kappa shape index (κ1) is 7.95. The van der Waals surface area contributed by atoms with Gasteiger partial charge in [0.15, 0.2) is 0 Å². The zero-order valence-corrected chi connectivity index (χ0v) is 6.62. The number of rotatable bonds is 2. The van der Waals surface area contributed by atoms with Gasteiger partial charge in [0, 0.05) is 12.2 Å². The van der Waals surface area contributed by atoms with Crippen LogP contribution in [0.25, 0.3) is 6.08 Å². The Morgan fingerprint density at radius 2 is 2.36 bits per heavy atom. The van der Waals surface area contributed by atoms with Crippen LogP contribution < -0.4 is 5.73 Å². The third kappa shape index (κ3) is 2.51. The molecule has 0 spiro atoms.